The number of carbonyl (C=O) groups is 1. The van der Waals surface area contributed by atoms with Crippen molar-refractivity contribution in [2.24, 2.45) is 0 Å². The molecule has 1 aliphatic carbocycles. The molecule has 1 N–H and O–H groups in total. The molecule has 0 heterocycles. The zero-order valence-corrected chi connectivity index (χ0v) is 20.5. The second-order valence-corrected chi connectivity index (χ2v) is 11.0. The normalized spacial score (nSPS) is 21.6. The number of benzene rings is 2. The minimum Gasteiger partial charge on any atom is -0.445 e. The Bertz CT molecular complexity index is 1050. The van der Waals surface area contributed by atoms with Crippen LogP contribution in [0.5, 0.6) is 0 Å². The Morgan fingerprint density at radius 3 is 2.26 bits per heavy atom. The van der Waals surface area contributed by atoms with Crippen molar-refractivity contribution in [2.75, 3.05) is 0 Å². The molecule has 2 aromatic carbocycles. The first-order chi connectivity index (χ1) is 16.0. The van der Waals surface area contributed by atoms with E-state index in [0.717, 1.165) is 11.1 Å². The first-order valence-corrected chi connectivity index (χ1v) is 13.0. The number of nitrogens with one attached hydrogen (secondary N) is 1. The van der Waals surface area contributed by atoms with Crippen LogP contribution in [0.2, 0.25) is 0 Å². The molecule has 1 amide bonds. The van der Waals surface area contributed by atoms with Gasteiger partial charge >= 0.3 is 6.09 Å². The van der Waals surface area contributed by atoms with Crippen LogP contribution in [0.15, 0.2) is 60.7 Å². The maximum atomic E-state index is 14.6. The van der Waals surface area contributed by atoms with Crippen molar-refractivity contribution in [3.8, 4) is 0 Å². The maximum absolute atomic E-state index is 14.6. The monoisotopic (exact) mass is 494 g/mol. The Balaban J connectivity index is 1.92. The average Bonchev–Trinajstić information content (AvgIpc) is 3.11. The predicted octanol–water partition coefficient (Wildman–Crippen LogP) is 5.27. The van der Waals surface area contributed by atoms with E-state index in [1.54, 1.807) is 50.2 Å². The van der Waals surface area contributed by atoms with E-state index in [9.17, 15) is 22.0 Å². The van der Waals surface area contributed by atoms with Gasteiger partial charge in [-0.15, -0.1) is 0 Å². The molecule has 2 aromatic rings. The number of sulfonamides is 1. The van der Waals surface area contributed by atoms with E-state index in [1.807, 2.05) is 24.3 Å². The Labute approximate surface area is 200 Å². The van der Waals surface area contributed by atoms with E-state index in [2.05, 4.69) is 4.72 Å². The predicted molar refractivity (Wildman–Crippen MR) is 127 cm³/mol. The highest BCUT2D eigenvalue weighted by Gasteiger charge is 2.52. The molecule has 6 nitrogen and oxygen atoms in total. The SMILES string of the molecule is CCC(C)S(=O)(=O)NC1CC(F)(F)CC1N(C(=O)OCc1ccccc1)[C@H](C)c1ccccc1. The van der Waals surface area contributed by atoms with Crippen LogP contribution in [0.4, 0.5) is 13.6 Å². The Morgan fingerprint density at radius 1 is 1.09 bits per heavy atom. The molecule has 3 rings (SSSR count). The van der Waals surface area contributed by atoms with Crippen molar-refractivity contribution in [2.45, 2.75) is 75.9 Å². The van der Waals surface area contributed by atoms with Crippen molar-refractivity contribution in [3.63, 3.8) is 0 Å². The maximum Gasteiger partial charge on any atom is 0.410 e. The quantitative estimate of drug-likeness (QED) is 0.515. The molecule has 4 atom stereocenters. The first-order valence-electron chi connectivity index (χ1n) is 11.5. The third kappa shape index (κ3) is 6.33. The summed E-state index contributed by atoms with van der Waals surface area (Å²) in [7, 11) is -3.84. The number of nitrogens with zero attached hydrogens (tertiary/aromatic N) is 1. The van der Waals surface area contributed by atoms with E-state index < -0.39 is 58.3 Å². The van der Waals surface area contributed by atoms with Crippen molar-refractivity contribution >= 4 is 16.1 Å². The van der Waals surface area contributed by atoms with Crippen LogP contribution in [-0.2, 0) is 21.4 Å². The molecule has 0 aromatic heterocycles. The highest BCUT2D eigenvalue weighted by Crippen LogP contribution is 2.41. The summed E-state index contributed by atoms with van der Waals surface area (Å²) in [6.07, 6.45) is -1.77. The van der Waals surface area contributed by atoms with Crippen LogP contribution in [-0.4, -0.2) is 42.7 Å². The van der Waals surface area contributed by atoms with Gasteiger partial charge in [-0.3, -0.25) is 4.90 Å². The molecule has 0 bridgehead atoms. The summed E-state index contributed by atoms with van der Waals surface area (Å²) >= 11 is 0. The number of amides is 1. The van der Waals surface area contributed by atoms with Crippen molar-refractivity contribution in [1.82, 2.24) is 9.62 Å². The summed E-state index contributed by atoms with van der Waals surface area (Å²) in [6, 6.07) is 15.2. The lowest BCUT2D eigenvalue weighted by Gasteiger charge is -2.37. The van der Waals surface area contributed by atoms with E-state index in [-0.39, 0.29) is 6.61 Å². The van der Waals surface area contributed by atoms with Gasteiger partial charge in [0.15, 0.2) is 0 Å². The summed E-state index contributed by atoms with van der Waals surface area (Å²) in [5.41, 5.74) is 1.49. The zero-order valence-electron chi connectivity index (χ0n) is 19.7. The molecule has 186 valence electrons. The zero-order chi connectivity index (χ0) is 24.9. The highest BCUT2D eigenvalue weighted by molar-refractivity contribution is 7.90. The lowest BCUT2D eigenvalue weighted by molar-refractivity contribution is -0.00283. The van der Waals surface area contributed by atoms with Crippen LogP contribution in [0.3, 0.4) is 0 Å². The lowest BCUT2D eigenvalue weighted by Crippen LogP contribution is -2.52. The van der Waals surface area contributed by atoms with Crippen molar-refractivity contribution in [1.29, 1.82) is 0 Å². The minimum absolute atomic E-state index is 0.0238. The third-order valence-electron chi connectivity index (χ3n) is 6.38. The molecule has 0 spiro atoms. The van der Waals surface area contributed by atoms with Crippen LogP contribution in [0.1, 0.15) is 57.2 Å². The molecule has 0 aliphatic heterocycles. The Morgan fingerprint density at radius 2 is 1.68 bits per heavy atom. The second kappa shape index (κ2) is 10.8. The minimum atomic E-state index is -3.84. The Kier molecular flexibility index (Phi) is 8.30. The van der Waals surface area contributed by atoms with Gasteiger partial charge in [-0.05, 0) is 31.4 Å². The third-order valence-corrected chi connectivity index (χ3v) is 8.41. The number of ether oxygens (including phenoxy) is 1. The molecule has 1 fully saturated rings. The number of hydrogen-bond acceptors (Lipinski definition) is 4. The van der Waals surface area contributed by atoms with Gasteiger partial charge in [-0.25, -0.2) is 26.7 Å². The van der Waals surface area contributed by atoms with Gasteiger partial charge in [0.25, 0.3) is 5.92 Å². The molecule has 1 aliphatic rings. The number of carbonyl (C=O) groups excluding carboxylic acids is 1. The van der Waals surface area contributed by atoms with Crippen molar-refractivity contribution in [3.05, 3.63) is 71.8 Å². The summed E-state index contributed by atoms with van der Waals surface area (Å²) < 4.78 is 62.7. The van der Waals surface area contributed by atoms with Crippen LogP contribution in [0, 0.1) is 0 Å². The van der Waals surface area contributed by atoms with Crippen molar-refractivity contribution < 1.29 is 26.7 Å². The molecule has 0 radical (unpaired) electrons. The second-order valence-electron chi connectivity index (χ2n) is 8.85. The van der Waals surface area contributed by atoms with E-state index in [0.29, 0.717) is 6.42 Å². The molecule has 9 heteroatoms. The molecular formula is C25H32F2N2O4S. The smallest absolute Gasteiger partial charge is 0.410 e. The van der Waals surface area contributed by atoms with Crippen LogP contribution in [0.25, 0.3) is 0 Å². The number of halogens is 2. The van der Waals surface area contributed by atoms with Gasteiger partial charge in [0.05, 0.1) is 17.3 Å². The first kappa shape index (κ1) is 26.1. The molecule has 1 saturated carbocycles. The van der Waals surface area contributed by atoms with E-state index in [4.69, 9.17) is 4.74 Å². The fourth-order valence-corrected chi connectivity index (χ4v) is 5.55. The summed E-state index contributed by atoms with van der Waals surface area (Å²) in [5.74, 6) is -3.12. The van der Waals surface area contributed by atoms with Crippen LogP contribution < -0.4 is 4.72 Å². The molecule has 0 saturated heterocycles. The van der Waals surface area contributed by atoms with Gasteiger partial charge < -0.3 is 4.74 Å². The van der Waals surface area contributed by atoms with E-state index >= 15 is 0 Å². The fraction of sp³-hybridized carbons (Fsp3) is 0.480. The summed E-state index contributed by atoms with van der Waals surface area (Å²) in [6.45, 7) is 4.96. The number of hydrogen-bond donors (Lipinski definition) is 1. The van der Waals surface area contributed by atoms with Gasteiger partial charge in [0, 0.05) is 18.9 Å². The van der Waals surface area contributed by atoms with Gasteiger partial charge in [0.2, 0.25) is 10.0 Å². The van der Waals surface area contributed by atoms with Gasteiger partial charge in [-0.2, -0.15) is 0 Å². The number of alkyl halides is 2. The largest absolute Gasteiger partial charge is 0.445 e. The Hall–Kier alpha value is -2.52. The standard InChI is InChI=1S/C25H32F2N2O4S/c1-4-18(2)34(31,32)28-22-15-25(26,27)16-23(22)29(19(3)21-13-9-6-10-14-21)24(30)33-17-20-11-7-5-8-12-20/h5-14,18-19,22-23,28H,4,15-17H2,1-3H3/t18?,19-,22?,23?/m1/s1. The molecular weight excluding hydrogens is 462 g/mol. The lowest BCUT2D eigenvalue weighted by atomic mass is 10.0. The van der Waals surface area contributed by atoms with E-state index in [1.165, 1.54) is 11.8 Å². The average molecular weight is 495 g/mol. The summed E-state index contributed by atoms with van der Waals surface area (Å²) in [4.78, 5) is 14.6. The molecule has 3 unspecified atom stereocenters. The number of rotatable bonds is 9. The highest BCUT2D eigenvalue weighted by atomic mass is 32.2. The topological polar surface area (TPSA) is 75.7 Å². The van der Waals surface area contributed by atoms with Gasteiger partial charge in [-0.1, -0.05) is 67.6 Å². The van der Waals surface area contributed by atoms with Gasteiger partial charge in [0.1, 0.15) is 6.61 Å². The summed E-state index contributed by atoms with van der Waals surface area (Å²) in [5, 5.41) is -0.743. The fourth-order valence-electron chi connectivity index (χ4n) is 4.22. The molecule has 34 heavy (non-hydrogen) atoms. The van der Waals surface area contributed by atoms with Crippen LogP contribution >= 0.6 is 0 Å².